The van der Waals surface area contributed by atoms with Crippen LogP contribution in [-0.2, 0) is 14.3 Å². The number of hydrogen-bond acceptors (Lipinski definition) is 7. The number of imide groups is 2. The first kappa shape index (κ1) is 26.6. The van der Waals surface area contributed by atoms with E-state index in [2.05, 4.69) is 20.8 Å². The number of H-pyrrole nitrogens is 1. The average molecular weight is 545 g/mol. The summed E-state index contributed by atoms with van der Waals surface area (Å²) in [5.41, 5.74) is 0.983. The van der Waals surface area contributed by atoms with Gasteiger partial charge in [0.2, 0.25) is 0 Å². The lowest BCUT2D eigenvalue weighted by atomic mass is 9.95. The Bertz CT molecular complexity index is 1510. The number of benzene rings is 3. The number of aromatic amines is 1. The summed E-state index contributed by atoms with van der Waals surface area (Å²) in [6.45, 7) is 2.25. The highest BCUT2D eigenvalue weighted by Crippen LogP contribution is 2.30. The Kier molecular flexibility index (Phi) is 7.56. The molecular formula is C29H25FN4O6. The van der Waals surface area contributed by atoms with Gasteiger partial charge in [0.05, 0.1) is 18.0 Å². The fraction of sp³-hybridized carbons (Fsp3) is 0.172. The third kappa shape index (κ3) is 5.69. The van der Waals surface area contributed by atoms with Crippen molar-refractivity contribution in [1.29, 1.82) is 0 Å². The van der Waals surface area contributed by atoms with E-state index in [1.54, 1.807) is 55.5 Å². The van der Waals surface area contributed by atoms with E-state index in [1.165, 1.54) is 12.1 Å². The molecule has 0 bridgehead atoms. The molecule has 1 aliphatic rings. The van der Waals surface area contributed by atoms with E-state index in [4.69, 9.17) is 14.2 Å². The zero-order valence-corrected chi connectivity index (χ0v) is 21.4. The molecule has 3 N–H and O–H groups in total. The largest absolute Gasteiger partial charge is 0.467 e. The number of halogens is 1. The average Bonchev–Trinajstić information content (AvgIpc) is 3.44. The van der Waals surface area contributed by atoms with Gasteiger partial charge in [-0.05, 0) is 79.2 Å². The van der Waals surface area contributed by atoms with Gasteiger partial charge in [0.15, 0.2) is 0 Å². The summed E-state index contributed by atoms with van der Waals surface area (Å²) in [6.07, 6.45) is -0.0869. The van der Waals surface area contributed by atoms with Gasteiger partial charge in [0, 0.05) is 18.6 Å². The second-order valence-electron chi connectivity index (χ2n) is 8.89. The van der Waals surface area contributed by atoms with E-state index < -0.39 is 23.4 Å². The molecule has 10 nitrogen and oxygen atoms in total. The van der Waals surface area contributed by atoms with Gasteiger partial charge in [-0.1, -0.05) is 12.1 Å². The van der Waals surface area contributed by atoms with Crippen LogP contribution < -0.4 is 20.1 Å². The highest BCUT2D eigenvalue weighted by Gasteiger charge is 2.52. The van der Waals surface area contributed by atoms with Crippen molar-refractivity contribution in [3.8, 4) is 39.8 Å². The number of urea groups is 1. The Balaban J connectivity index is 1.25. The van der Waals surface area contributed by atoms with Gasteiger partial charge in [0.1, 0.15) is 23.1 Å². The van der Waals surface area contributed by atoms with Crippen molar-refractivity contribution in [2.45, 2.75) is 18.9 Å². The highest BCUT2D eigenvalue weighted by molar-refractivity contribution is 6.21. The topological polar surface area (TPSA) is 132 Å². The first-order valence-corrected chi connectivity index (χ1v) is 12.5. The van der Waals surface area contributed by atoms with Crippen LogP contribution in [0.2, 0.25) is 0 Å². The molecule has 0 aliphatic carbocycles. The Morgan fingerprint density at radius 1 is 0.825 bits per heavy atom. The van der Waals surface area contributed by atoms with E-state index in [0.717, 1.165) is 11.3 Å². The molecule has 40 heavy (non-hydrogen) atoms. The molecule has 1 saturated heterocycles. The first-order chi connectivity index (χ1) is 19.4. The minimum absolute atomic E-state index is 0.0768. The van der Waals surface area contributed by atoms with E-state index >= 15 is 0 Å². The van der Waals surface area contributed by atoms with Crippen LogP contribution in [-0.4, -0.2) is 46.9 Å². The molecule has 0 radical (unpaired) electrons. The number of nitrogens with zero attached hydrogens (tertiary/aromatic N) is 1. The third-order valence-corrected chi connectivity index (χ3v) is 6.21. The molecular weight excluding hydrogens is 519 g/mol. The predicted octanol–water partition coefficient (Wildman–Crippen LogP) is 4.59. The van der Waals surface area contributed by atoms with Gasteiger partial charge in [-0.2, -0.15) is 5.10 Å². The molecule has 4 amide bonds. The molecule has 204 valence electrons. The number of amides is 4. The maximum Gasteiger partial charge on any atom is 0.328 e. The zero-order chi connectivity index (χ0) is 28.1. The fourth-order valence-corrected chi connectivity index (χ4v) is 4.15. The molecule has 4 aromatic rings. The molecule has 0 unspecified atom stereocenters. The predicted molar refractivity (Wildman–Crippen MR) is 142 cm³/mol. The minimum Gasteiger partial charge on any atom is -0.467 e. The summed E-state index contributed by atoms with van der Waals surface area (Å²) in [7, 11) is 0. The zero-order valence-electron chi connectivity index (χ0n) is 21.4. The first-order valence-electron chi connectivity index (χ1n) is 12.5. The van der Waals surface area contributed by atoms with Gasteiger partial charge in [-0.15, -0.1) is 0 Å². The van der Waals surface area contributed by atoms with Crippen LogP contribution in [0.1, 0.15) is 13.3 Å². The van der Waals surface area contributed by atoms with E-state index in [-0.39, 0.29) is 24.6 Å². The number of hydrogen-bond donors (Lipinski definition) is 3. The van der Waals surface area contributed by atoms with E-state index in [0.29, 0.717) is 29.4 Å². The highest BCUT2D eigenvalue weighted by atomic mass is 19.1. The number of carbonyl (C=O) groups excluding carboxylic acids is 3. The monoisotopic (exact) mass is 544 g/mol. The lowest BCUT2D eigenvalue weighted by molar-refractivity contribution is -0.153. The molecule has 1 fully saturated rings. The lowest BCUT2D eigenvalue weighted by Crippen LogP contribution is -2.69. The van der Waals surface area contributed by atoms with E-state index in [1.807, 2.05) is 18.2 Å². The molecule has 0 saturated carbocycles. The summed E-state index contributed by atoms with van der Waals surface area (Å²) in [6, 6.07) is 20.8. The molecule has 2 heterocycles. The van der Waals surface area contributed by atoms with Crippen molar-refractivity contribution < 1.29 is 33.0 Å². The Morgan fingerprint density at radius 2 is 1.48 bits per heavy atom. The summed E-state index contributed by atoms with van der Waals surface area (Å²) in [5.74, 6) is -0.757. The summed E-state index contributed by atoms with van der Waals surface area (Å²) < 4.78 is 30.6. The molecule has 0 atom stereocenters. The SMILES string of the molecule is CCOCCC1(Oc2ccc(Oc3ccc(-c4cc(-c5cccc(F)c5)n[nH]4)cc3)cc2)C(=O)NC(=O)NC1=O. The van der Waals surface area contributed by atoms with Crippen LogP contribution in [0.25, 0.3) is 22.5 Å². The van der Waals surface area contributed by atoms with Crippen molar-refractivity contribution in [3.05, 3.63) is 84.7 Å². The summed E-state index contributed by atoms with van der Waals surface area (Å²) >= 11 is 0. The molecule has 5 rings (SSSR count). The minimum atomic E-state index is -1.96. The number of ether oxygens (including phenoxy) is 3. The van der Waals surface area contributed by atoms with Crippen molar-refractivity contribution in [2.24, 2.45) is 0 Å². The van der Waals surface area contributed by atoms with Crippen molar-refractivity contribution in [3.63, 3.8) is 0 Å². The summed E-state index contributed by atoms with van der Waals surface area (Å²) in [5, 5.41) is 11.4. The third-order valence-electron chi connectivity index (χ3n) is 6.21. The molecule has 0 spiro atoms. The second-order valence-corrected chi connectivity index (χ2v) is 8.89. The molecule has 1 aromatic heterocycles. The van der Waals surface area contributed by atoms with Crippen molar-refractivity contribution >= 4 is 17.8 Å². The van der Waals surface area contributed by atoms with Gasteiger partial charge in [0.25, 0.3) is 17.4 Å². The van der Waals surface area contributed by atoms with Crippen molar-refractivity contribution in [2.75, 3.05) is 13.2 Å². The fourth-order valence-electron chi connectivity index (χ4n) is 4.15. The Labute approximate surface area is 228 Å². The van der Waals surface area contributed by atoms with Gasteiger partial charge in [-0.25, -0.2) is 9.18 Å². The van der Waals surface area contributed by atoms with Crippen LogP contribution in [0.5, 0.6) is 17.2 Å². The molecule has 11 heteroatoms. The standard InChI is InChI=1S/C29H25FN4O6/c1-2-38-15-14-29(26(35)31-28(37)32-27(29)36)40-23-12-10-22(11-13-23)39-21-8-6-18(7-9-21)24-17-25(34-33-24)19-4-3-5-20(30)16-19/h3-13,16-17H,2,14-15H2,1H3,(H,33,34)(H2,31,32,35,36,37). The molecule has 1 aliphatic heterocycles. The van der Waals surface area contributed by atoms with Crippen LogP contribution in [0.15, 0.2) is 78.9 Å². The van der Waals surface area contributed by atoms with E-state index in [9.17, 15) is 18.8 Å². The number of rotatable bonds is 10. The van der Waals surface area contributed by atoms with Crippen LogP contribution >= 0.6 is 0 Å². The van der Waals surface area contributed by atoms with Gasteiger partial charge >= 0.3 is 6.03 Å². The Hall–Kier alpha value is -5.03. The smallest absolute Gasteiger partial charge is 0.328 e. The quantitative estimate of drug-likeness (QED) is 0.197. The van der Waals surface area contributed by atoms with Crippen LogP contribution in [0.3, 0.4) is 0 Å². The summed E-state index contributed by atoms with van der Waals surface area (Å²) in [4.78, 5) is 36.8. The number of carbonyl (C=O) groups is 3. The van der Waals surface area contributed by atoms with Crippen LogP contribution in [0.4, 0.5) is 9.18 Å². The van der Waals surface area contributed by atoms with Crippen molar-refractivity contribution in [1.82, 2.24) is 20.8 Å². The van der Waals surface area contributed by atoms with Crippen LogP contribution in [0, 0.1) is 5.82 Å². The lowest BCUT2D eigenvalue weighted by Gasteiger charge is -2.34. The number of aromatic nitrogens is 2. The maximum atomic E-state index is 13.5. The second kappa shape index (κ2) is 11.4. The van der Waals surface area contributed by atoms with Gasteiger partial charge in [-0.3, -0.25) is 25.3 Å². The maximum absolute atomic E-state index is 13.5. The molecule has 3 aromatic carbocycles. The number of barbiturate groups is 1. The van der Waals surface area contributed by atoms with Gasteiger partial charge < -0.3 is 14.2 Å². The number of nitrogens with one attached hydrogen (secondary N) is 3. The Morgan fingerprint density at radius 3 is 2.12 bits per heavy atom. The normalized spacial score (nSPS) is 14.4.